The Bertz CT molecular complexity index is 842. The molecule has 0 bridgehead atoms. The molecule has 33 heavy (non-hydrogen) atoms. The SMILES string of the molecule is CCOc1cc(NC(=NC)NCCCCN2CCN(c3ccccc3)CC2)ccc1OC.I. The van der Waals surface area contributed by atoms with E-state index in [9.17, 15) is 0 Å². The quantitative estimate of drug-likeness (QED) is 0.193. The Hall–Kier alpha value is -2.20. The molecule has 8 heteroatoms. The highest BCUT2D eigenvalue weighted by molar-refractivity contribution is 14.0. The van der Waals surface area contributed by atoms with Gasteiger partial charge in [-0.25, -0.2) is 0 Å². The highest BCUT2D eigenvalue weighted by Gasteiger charge is 2.16. The number of rotatable bonds is 10. The molecule has 0 aliphatic carbocycles. The van der Waals surface area contributed by atoms with Crippen LogP contribution in [0.4, 0.5) is 11.4 Å². The summed E-state index contributed by atoms with van der Waals surface area (Å²) < 4.78 is 11.0. The molecule has 0 spiro atoms. The maximum Gasteiger partial charge on any atom is 0.195 e. The summed E-state index contributed by atoms with van der Waals surface area (Å²) >= 11 is 0. The molecule has 182 valence electrons. The summed E-state index contributed by atoms with van der Waals surface area (Å²) in [5.41, 5.74) is 2.25. The van der Waals surface area contributed by atoms with Crippen LogP contribution in [0.2, 0.25) is 0 Å². The van der Waals surface area contributed by atoms with E-state index >= 15 is 0 Å². The molecule has 1 aliphatic heterocycles. The summed E-state index contributed by atoms with van der Waals surface area (Å²) in [6.07, 6.45) is 2.28. The molecule has 2 aromatic rings. The second kappa shape index (κ2) is 14.8. The molecular weight excluding hydrogens is 529 g/mol. The van der Waals surface area contributed by atoms with E-state index in [1.807, 2.05) is 25.1 Å². The van der Waals surface area contributed by atoms with Crippen molar-refractivity contribution in [3.63, 3.8) is 0 Å². The number of piperazine rings is 1. The molecule has 1 heterocycles. The van der Waals surface area contributed by atoms with E-state index in [4.69, 9.17) is 9.47 Å². The molecule has 0 aromatic heterocycles. The predicted molar refractivity (Wildman–Crippen MR) is 149 cm³/mol. The van der Waals surface area contributed by atoms with Crippen molar-refractivity contribution in [2.75, 3.05) is 70.2 Å². The molecule has 1 fully saturated rings. The third-order valence-corrected chi connectivity index (χ3v) is 5.64. The average molecular weight is 568 g/mol. The number of guanidine groups is 1. The van der Waals surface area contributed by atoms with Crippen LogP contribution in [0.3, 0.4) is 0 Å². The lowest BCUT2D eigenvalue weighted by molar-refractivity contribution is 0.253. The number of para-hydroxylation sites is 1. The highest BCUT2D eigenvalue weighted by atomic mass is 127. The zero-order chi connectivity index (χ0) is 22.6. The number of methoxy groups -OCH3 is 1. The molecule has 2 aromatic carbocycles. The first-order chi connectivity index (χ1) is 15.7. The van der Waals surface area contributed by atoms with Gasteiger partial charge in [-0.3, -0.25) is 9.89 Å². The number of benzene rings is 2. The van der Waals surface area contributed by atoms with Crippen molar-refractivity contribution in [2.45, 2.75) is 19.8 Å². The van der Waals surface area contributed by atoms with Gasteiger partial charge in [0.2, 0.25) is 0 Å². The van der Waals surface area contributed by atoms with E-state index in [-0.39, 0.29) is 24.0 Å². The first kappa shape index (κ1) is 27.0. The first-order valence-electron chi connectivity index (χ1n) is 11.5. The Morgan fingerprint density at radius 1 is 1.00 bits per heavy atom. The van der Waals surface area contributed by atoms with E-state index in [1.165, 1.54) is 12.1 Å². The number of anilines is 2. The van der Waals surface area contributed by atoms with Gasteiger partial charge >= 0.3 is 0 Å². The number of unbranched alkanes of at least 4 members (excludes halogenated alkanes) is 1. The lowest BCUT2D eigenvalue weighted by Crippen LogP contribution is -2.46. The molecule has 1 aliphatic rings. The van der Waals surface area contributed by atoms with Gasteiger partial charge in [0.25, 0.3) is 0 Å². The summed E-state index contributed by atoms with van der Waals surface area (Å²) in [5, 5.41) is 6.73. The van der Waals surface area contributed by atoms with Crippen molar-refractivity contribution in [3.05, 3.63) is 48.5 Å². The van der Waals surface area contributed by atoms with Crippen molar-refractivity contribution in [3.8, 4) is 11.5 Å². The van der Waals surface area contributed by atoms with Crippen LogP contribution < -0.4 is 25.0 Å². The molecule has 7 nitrogen and oxygen atoms in total. The van der Waals surface area contributed by atoms with Crippen LogP contribution in [0.15, 0.2) is 53.5 Å². The summed E-state index contributed by atoms with van der Waals surface area (Å²) in [6.45, 7) is 9.05. The fourth-order valence-electron chi connectivity index (χ4n) is 3.87. The molecule has 0 unspecified atom stereocenters. The molecule has 0 atom stereocenters. The zero-order valence-corrected chi connectivity index (χ0v) is 22.4. The minimum Gasteiger partial charge on any atom is -0.493 e. The van der Waals surface area contributed by atoms with Crippen molar-refractivity contribution in [1.29, 1.82) is 0 Å². The zero-order valence-electron chi connectivity index (χ0n) is 20.0. The number of nitrogens with zero attached hydrogens (tertiary/aromatic N) is 3. The van der Waals surface area contributed by atoms with E-state index in [0.717, 1.165) is 68.8 Å². The minimum absolute atomic E-state index is 0. The summed E-state index contributed by atoms with van der Waals surface area (Å²) in [5.74, 6) is 2.21. The second-order valence-corrected chi connectivity index (χ2v) is 7.79. The van der Waals surface area contributed by atoms with E-state index < -0.39 is 0 Å². The highest BCUT2D eigenvalue weighted by Crippen LogP contribution is 2.30. The van der Waals surface area contributed by atoms with Gasteiger partial charge in [0.1, 0.15) is 0 Å². The standard InChI is InChI=1S/C25H37N5O2.HI/c1-4-32-24-20-21(12-13-23(24)31-3)28-25(26-2)27-14-8-9-15-29-16-18-30(19-17-29)22-10-6-5-7-11-22;/h5-7,10-13,20H,4,8-9,14-19H2,1-3H3,(H2,26,27,28);1H. The number of hydrogen-bond acceptors (Lipinski definition) is 5. The Morgan fingerprint density at radius 2 is 1.76 bits per heavy atom. The van der Waals surface area contributed by atoms with E-state index in [1.54, 1.807) is 14.2 Å². The van der Waals surface area contributed by atoms with Crippen molar-refractivity contribution in [2.24, 2.45) is 4.99 Å². The van der Waals surface area contributed by atoms with E-state index in [2.05, 4.69) is 55.8 Å². The van der Waals surface area contributed by atoms with Gasteiger partial charge in [-0.05, 0) is 50.6 Å². The van der Waals surface area contributed by atoms with Crippen LogP contribution in [-0.4, -0.2) is 70.9 Å². The van der Waals surface area contributed by atoms with Crippen LogP contribution in [-0.2, 0) is 0 Å². The minimum atomic E-state index is 0. The second-order valence-electron chi connectivity index (χ2n) is 7.79. The topological polar surface area (TPSA) is 61.4 Å². The molecule has 3 rings (SSSR count). The van der Waals surface area contributed by atoms with Gasteiger partial charge in [-0.2, -0.15) is 0 Å². The number of hydrogen-bond donors (Lipinski definition) is 2. The number of ether oxygens (including phenoxy) is 2. The van der Waals surface area contributed by atoms with Crippen molar-refractivity contribution >= 4 is 41.3 Å². The lowest BCUT2D eigenvalue weighted by atomic mass is 10.2. The Labute approximate surface area is 215 Å². The molecule has 2 N–H and O–H groups in total. The van der Waals surface area contributed by atoms with Gasteiger partial charge in [0.15, 0.2) is 17.5 Å². The van der Waals surface area contributed by atoms with Crippen LogP contribution in [0, 0.1) is 0 Å². The number of nitrogens with one attached hydrogen (secondary N) is 2. The molecule has 0 saturated carbocycles. The fourth-order valence-corrected chi connectivity index (χ4v) is 3.87. The molecular formula is C25H38IN5O2. The Balaban J connectivity index is 0.00000385. The Kier molecular flexibility index (Phi) is 12.2. The number of aliphatic imine (C=N–C) groups is 1. The van der Waals surface area contributed by atoms with Crippen molar-refractivity contribution < 1.29 is 9.47 Å². The van der Waals surface area contributed by atoms with Crippen LogP contribution in [0.5, 0.6) is 11.5 Å². The maximum atomic E-state index is 5.65. The predicted octanol–water partition coefficient (Wildman–Crippen LogP) is 4.30. The molecule has 1 saturated heterocycles. The maximum absolute atomic E-state index is 5.65. The van der Waals surface area contributed by atoms with Gasteiger partial charge in [-0.15, -0.1) is 24.0 Å². The number of halogens is 1. The largest absolute Gasteiger partial charge is 0.493 e. The van der Waals surface area contributed by atoms with E-state index in [0.29, 0.717) is 6.61 Å². The van der Waals surface area contributed by atoms with Gasteiger partial charge in [0.05, 0.1) is 13.7 Å². The van der Waals surface area contributed by atoms with Crippen LogP contribution in [0.25, 0.3) is 0 Å². The van der Waals surface area contributed by atoms with Gasteiger partial charge in [-0.1, -0.05) is 18.2 Å². The van der Waals surface area contributed by atoms with Crippen LogP contribution >= 0.6 is 24.0 Å². The third kappa shape index (κ3) is 8.58. The molecule has 0 amide bonds. The van der Waals surface area contributed by atoms with Crippen LogP contribution in [0.1, 0.15) is 19.8 Å². The fraction of sp³-hybridized carbons (Fsp3) is 0.480. The monoisotopic (exact) mass is 567 g/mol. The Morgan fingerprint density at radius 3 is 2.42 bits per heavy atom. The third-order valence-electron chi connectivity index (χ3n) is 5.64. The summed E-state index contributed by atoms with van der Waals surface area (Å²) in [6, 6.07) is 16.5. The van der Waals surface area contributed by atoms with Gasteiger partial charge < -0.3 is 25.0 Å². The first-order valence-corrected chi connectivity index (χ1v) is 11.5. The van der Waals surface area contributed by atoms with Crippen molar-refractivity contribution in [1.82, 2.24) is 10.2 Å². The summed E-state index contributed by atoms with van der Waals surface area (Å²) in [7, 11) is 3.43. The normalized spacial score (nSPS) is 14.4. The smallest absolute Gasteiger partial charge is 0.195 e. The average Bonchev–Trinajstić information content (AvgIpc) is 2.84. The molecule has 0 radical (unpaired) electrons. The lowest BCUT2D eigenvalue weighted by Gasteiger charge is -2.36. The van der Waals surface area contributed by atoms with Gasteiger partial charge in [0, 0.05) is 57.2 Å². The summed E-state index contributed by atoms with van der Waals surface area (Å²) in [4.78, 5) is 9.38.